The zero-order chi connectivity index (χ0) is 15.2. The molecule has 1 saturated heterocycles. The maximum Gasteiger partial charge on any atom is 0.169 e. The number of hydrogen-bond donors (Lipinski definition) is 2. The molecule has 2 rings (SSSR count). The van der Waals surface area contributed by atoms with Crippen LogP contribution in [0.25, 0.3) is 10.4 Å². The molecule has 1 aromatic rings. The van der Waals surface area contributed by atoms with Crippen LogP contribution in [-0.2, 0) is 16.1 Å². The summed E-state index contributed by atoms with van der Waals surface area (Å²) in [4.78, 5) is 2.58. The van der Waals surface area contributed by atoms with E-state index in [0.717, 1.165) is 5.56 Å². The van der Waals surface area contributed by atoms with E-state index in [4.69, 9.17) is 20.1 Å². The van der Waals surface area contributed by atoms with E-state index in [2.05, 4.69) is 10.0 Å². The summed E-state index contributed by atoms with van der Waals surface area (Å²) in [5, 5.41) is 22.2. The van der Waals surface area contributed by atoms with Crippen molar-refractivity contribution in [3.8, 4) is 0 Å². The second kappa shape index (κ2) is 7.35. The van der Waals surface area contributed by atoms with E-state index in [9.17, 15) is 9.50 Å². The van der Waals surface area contributed by atoms with Gasteiger partial charge in [-0.1, -0.05) is 35.4 Å². The Morgan fingerprint density at radius 3 is 2.71 bits per heavy atom. The maximum atomic E-state index is 13.8. The molecule has 1 aliphatic heterocycles. The molecule has 1 fully saturated rings. The minimum atomic E-state index is -1.85. The van der Waals surface area contributed by atoms with Crippen molar-refractivity contribution in [2.45, 2.75) is 37.3 Å². The Labute approximate surface area is 120 Å². The summed E-state index contributed by atoms with van der Waals surface area (Å²) >= 11 is 0. The molecule has 0 aliphatic carbocycles. The molecule has 1 heterocycles. The standard InChI is InChI=1S/C13H16FN3O4/c14-10-9(6-18)21-13(11(12(10)19)16-17-15)20-7-8-4-2-1-3-5-8/h1-5,9-13,18-19H,6-7H2/t9?,10-,11+,12-,13?/m0/s1. The van der Waals surface area contributed by atoms with Crippen molar-refractivity contribution in [3.05, 3.63) is 46.3 Å². The van der Waals surface area contributed by atoms with Crippen LogP contribution in [0.3, 0.4) is 0 Å². The Balaban J connectivity index is 2.08. The van der Waals surface area contributed by atoms with Crippen molar-refractivity contribution in [2.75, 3.05) is 6.61 Å². The number of aliphatic hydroxyl groups excluding tert-OH is 2. The average Bonchev–Trinajstić information content (AvgIpc) is 2.52. The molecule has 0 spiro atoms. The van der Waals surface area contributed by atoms with Gasteiger partial charge in [0.15, 0.2) is 12.5 Å². The van der Waals surface area contributed by atoms with Gasteiger partial charge >= 0.3 is 0 Å². The molecule has 0 bridgehead atoms. The highest BCUT2D eigenvalue weighted by molar-refractivity contribution is 5.13. The molecule has 5 atom stereocenters. The van der Waals surface area contributed by atoms with Crippen molar-refractivity contribution in [3.63, 3.8) is 0 Å². The van der Waals surface area contributed by atoms with Crippen molar-refractivity contribution < 1.29 is 24.1 Å². The number of rotatable bonds is 5. The molecule has 2 unspecified atom stereocenters. The Kier molecular flexibility index (Phi) is 5.49. The topological polar surface area (TPSA) is 108 Å². The second-order valence-electron chi connectivity index (χ2n) is 4.65. The van der Waals surface area contributed by atoms with E-state index in [-0.39, 0.29) is 6.61 Å². The van der Waals surface area contributed by atoms with Gasteiger partial charge in [-0.05, 0) is 11.1 Å². The maximum absolute atomic E-state index is 13.8. The molecule has 0 amide bonds. The fourth-order valence-electron chi connectivity index (χ4n) is 2.11. The van der Waals surface area contributed by atoms with Gasteiger partial charge in [-0.2, -0.15) is 0 Å². The van der Waals surface area contributed by atoms with Crippen LogP contribution in [0.2, 0.25) is 0 Å². The van der Waals surface area contributed by atoms with Crippen LogP contribution in [0.15, 0.2) is 35.4 Å². The quantitative estimate of drug-likeness (QED) is 0.485. The fourth-order valence-corrected chi connectivity index (χ4v) is 2.11. The number of ether oxygens (including phenoxy) is 2. The zero-order valence-electron chi connectivity index (χ0n) is 11.1. The molecule has 0 aromatic heterocycles. The third kappa shape index (κ3) is 3.69. The van der Waals surface area contributed by atoms with Crippen molar-refractivity contribution >= 4 is 0 Å². The summed E-state index contributed by atoms with van der Waals surface area (Å²) in [6, 6.07) is 7.94. The number of benzene rings is 1. The average molecular weight is 297 g/mol. The minimum absolute atomic E-state index is 0.144. The number of halogens is 1. The molecule has 1 aromatic carbocycles. The lowest BCUT2D eigenvalue weighted by Crippen LogP contribution is -2.56. The van der Waals surface area contributed by atoms with Crippen LogP contribution in [0.1, 0.15) is 5.56 Å². The van der Waals surface area contributed by atoms with Crippen LogP contribution in [0, 0.1) is 0 Å². The summed E-state index contributed by atoms with van der Waals surface area (Å²) < 4.78 is 24.5. The van der Waals surface area contributed by atoms with Crippen LogP contribution in [0.5, 0.6) is 0 Å². The zero-order valence-corrected chi connectivity index (χ0v) is 11.1. The SMILES string of the molecule is [N-]=[N+]=N[C@H]1C(OCc2ccccc2)OC(CO)[C@H](F)[C@@H]1O. The number of alkyl halides is 1. The van der Waals surface area contributed by atoms with Crippen LogP contribution in [0.4, 0.5) is 4.39 Å². The Morgan fingerprint density at radius 1 is 1.38 bits per heavy atom. The smallest absolute Gasteiger partial charge is 0.169 e. The van der Waals surface area contributed by atoms with Gasteiger partial charge in [0.05, 0.1) is 13.2 Å². The van der Waals surface area contributed by atoms with Gasteiger partial charge in [-0.25, -0.2) is 4.39 Å². The molecule has 0 radical (unpaired) electrons. The molecular formula is C13H16FN3O4. The van der Waals surface area contributed by atoms with E-state index in [0.29, 0.717) is 0 Å². The van der Waals surface area contributed by atoms with Gasteiger partial charge in [0.2, 0.25) is 0 Å². The summed E-state index contributed by atoms with van der Waals surface area (Å²) in [6.07, 6.45) is -5.78. The van der Waals surface area contributed by atoms with Crippen LogP contribution >= 0.6 is 0 Å². The first-order valence-corrected chi connectivity index (χ1v) is 6.45. The number of nitrogens with zero attached hydrogens (tertiary/aromatic N) is 3. The summed E-state index contributed by atoms with van der Waals surface area (Å²) in [7, 11) is 0. The summed E-state index contributed by atoms with van der Waals surface area (Å²) in [6.45, 7) is -0.461. The van der Waals surface area contributed by atoms with E-state index >= 15 is 0 Å². The monoisotopic (exact) mass is 297 g/mol. The lowest BCUT2D eigenvalue weighted by atomic mass is 9.99. The van der Waals surface area contributed by atoms with Gasteiger partial charge in [0.1, 0.15) is 18.2 Å². The van der Waals surface area contributed by atoms with E-state index in [1.165, 1.54) is 0 Å². The predicted molar refractivity (Wildman–Crippen MR) is 70.8 cm³/mol. The first-order chi connectivity index (χ1) is 10.2. The number of aliphatic hydroxyl groups is 2. The molecule has 2 N–H and O–H groups in total. The Bertz CT molecular complexity index is 497. The summed E-state index contributed by atoms with van der Waals surface area (Å²) in [5.41, 5.74) is 9.36. The van der Waals surface area contributed by atoms with E-state index in [1.807, 2.05) is 30.3 Å². The number of azide groups is 1. The molecular weight excluding hydrogens is 281 g/mol. The highest BCUT2D eigenvalue weighted by Gasteiger charge is 2.45. The Hall–Kier alpha value is -1.70. The van der Waals surface area contributed by atoms with Crippen LogP contribution < -0.4 is 0 Å². The molecule has 8 heteroatoms. The molecule has 0 saturated carbocycles. The van der Waals surface area contributed by atoms with Crippen molar-refractivity contribution in [1.29, 1.82) is 0 Å². The first kappa shape index (κ1) is 15.7. The largest absolute Gasteiger partial charge is 0.394 e. The highest BCUT2D eigenvalue weighted by Crippen LogP contribution is 2.27. The van der Waals surface area contributed by atoms with Gasteiger partial charge in [0.25, 0.3) is 0 Å². The third-order valence-corrected chi connectivity index (χ3v) is 3.24. The summed E-state index contributed by atoms with van der Waals surface area (Å²) in [5.74, 6) is 0. The van der Waals surface area contributed by atoms with Crippen molar-refractivity contribution in [1.82, 2.24) is 0 Å². The highest BCUT2D eigenvalue weighted by atomic mass is 19.1. The Morgan fingerprint density at radius 2 is 2.10 bits per heavy atom. The third-order valence-electron chi connectivity index (χ3n) is 3.24. The molecule has 21 heavy (non-hydrogen) atoms. The fraction of sp³-hybridized carbons (Fsp3) is 0.538. The lowest BCUT2D eigenvalue weighted by Gasteiger charge is -2.39. The van der Waals surface area contributed by atoms with Crippen LogP contribution in [-0.4, -0.2) is 47.5 Å². The lowest BCUT2D eigenvalue weighted by molar-refractivity contribution is -0.257. The van der Waals surface area contributed by atoms with Gasteiger partial charge in [-0.15, -0.1) is 0 Å². The normalized spacial score (nSPS) is 32.4. The van der Waals surface area contributed by atoms with Gasteiger partial charge in [0, 0.05) is 4.91 Å². The first-order valence-electron chi connectivity index (χ1n) is 6.45. The minimum Gasteiger partial charge on any atom is -0.394 e. The number of hydrogen-bond acceptors (Lipinski definition) is 5. The van der Waals surface area contributed by atoms with Gasteiger partial charge in [-0.3, -0.25) is 0 Å². The molecule has 1 aliphatic rings. The van der Waals surface area contributed by atoms with Gasteiger partial charge < -0.3 is 19.7 Å². The molecule has 7 nitrogen and oxygen atoms in total. The van der Waals surface area contributed by atoms with E-state index < -0.39 is 37.3 Å². The second-order valence-corrected chi connectivity index (χ2v) is 4.65. The van der Waals surface area contributed by atoms with E-state index in [1.54, 1.807) is 0 Å². The van der Waals surface area contributed by atoms with Crippen molar-refractivity contribution in [2.24, 2.45) is 5.11 Å². The molecule has 114 valence electrons. The predicted octanol–water partition coefficient (Wildman–Crippen LogP) is 1.30.